The van der Waals surface area contributed by atoms with E-state index in [0.717, 1.165) is 18.3 Å². The molecule has 6 heteroatoms. The Hall–Kier alpha value is -2.81. The van der Waals surface area contributed by atoms with Crippen molar-refractivity contribution in [2.45, 2.75) is 0 Å². The minimum atomic E-state index is -0.690. The van der Waals surface area contributed by atoms with Crippen molar-refractivity contribution in [2.75, 3.05) is 5.32 Å². The zero-order chi connectivity index (χ0) is 13.8. The Kier molecular flexibility index (Phi) is 3.48. The second-order valence-electron chi connectivity index (χ2n) is 3.63. The molecule has 1 aromatic heterocycles. The predicted octanol–water partition coefficient (Wildman–Crippen LogP) is 2.48. The van der Waals surface area contributed by atoms with Crippen LogP contribution in [0.5, 0.6) is 0 Å². The monoisotopic (exact) mass is 259 g/mol. The normalized spacial score (nSPS) is 9.74. The van der Waals surface area contributed by atoms with E-state index in [0.29, 0.717) is 0 Å². The van der Waals surface area contributed by atoms with Crippen molar-refractivity contribution >= 4 is 11.6 Å². The van der Waals surface area contributed by atoms with E-state index in [9.17, 15) is 13.6 Å². The Morgan fingerprint density at radius 3 is 2.68 bits per heavy atom. The van der Waals surface area contributed by atoms with E-state index in [1.165, 1.54) is 18.2 Å². The second-order valence-corrected chi connectivity index (χ2v) is 3.63. The van der Waals surface area contributed by atoms with E-state index in [4.69, 9.17) is 5.26 Å². The molecule has 94 valence electrons. The highest BCUT2D eigenvalue weighted by molar-refractivity contribution is 6.04. The van der Waals surface area contributed by atoms with E-state index in [-0.39, 0.29) is 16.8 Å². The molecule has 0 saturated carbocycles. The van der Waals surface area contributed by atoms with Gasteiger partial charge in [-0.3, -0.25) is 4.79 Å². The third-order valence-electron chi connectivity index (χ3n) is 2.33. The Balaban J connectivity index is 2.20. The van der Waals surface area contributed by atoms with Gasteiger partial charge in [0.05, 0.1) is 11.1 Å². The molecule has 0 atom stereocenters. The van der Waals surface area contributed by atoms with Crippen LogP contribution >= 0.6 is 0 Å². The summed E-state index contributed by atoms with van der Waals surface area (Å²) in [5.41, 5.74) is 0.256. The SMILES string of the molecule is N#Cc1cc(NC(=O)c2ccc(F)nc2)ccc1F. The van der Waals surface area contributed by atoms with Crippen molar-refractivity contribution in [3.63, 3.8) is 0 Å². The molecular formula is C13H7F2N3O. The van der Waals surface area contributed by atoms with Gasteiger partial charge in [-0.25, -0.2) is 9.37 Å². The lowest BCUT2D eigenvalue weighted by molar-refractivity contribution is 0.102. The number of amides is 1. The molecule has 0 bridgehead atoms. The number of halogens is 2. The number of hydrogen-bond acceptors (Lipinski definition) is 3. The van der Waals surface area contributed by atoms with Crippen LogP contribution in [-0.2, 0) is 0 Å². The van der Waals surface area contributed by atoms with E-state index in [2.05, 4.69) is 10.3 Å². The standard InChI is InChI=1S/C13H7F2N3O/c14-11-3-2-10(5-9(11)6-16)18-13(19)8-1-4-12(15)17-7-8/h1-5,7H,(H,18,19). The molecule has 4 nitrogen and oxygen atoms in total. The first-order valence-corrected chi connectivity index (χ1v) is 5.22. The molecular weight excluding hydrogens is 252 g/mol. The van der Waals surface area contributed by atoms with Gasteiger partial charge < -0.3 is 5.32 Å². The van der Waals surface area contributed by atoms with E-state index in [1.54, 1.807) is 6.07 Å². The summed E-state index contributed by atoms with van der Waals surface area (Å²) in [4.78, 5) is 15.1. The van der Waals surface area contributed by atoms with Crippen LogP contribution in [0.25, 0.3) is 0 Å². The molecule has 1 amide bonds. The van der Waals surface area contributed by atoms with Gasteiger partial charge >= 0.3 is 0 Å². The van der Waals surface area contributed by atoms with Crippen LogP contribution < -0.4 is 5.32 Å². The largest absolute Gasteiger partial charge is 0.322 e. The lowest BCUT2D eigenvalue weighted by atomic mass is 10.2. The summed E-state index contributed by atoms with van der Waals surface area (Å²) in [6, 6.07) is 7.61. The second kappa shape index (κ2) is 5.23. The highest BCUT2D eigenvalue weighted by Gasteiger charge is 2.08. The van der Waals surface area contributed by atoms with Crippen LogP contribution in [0.2, 0.25) is 0 Å². The summed E-state index contributed by atoms with van der Waals surface area (Å²) in [6.07, 6.45) is 1.08. The van der Waals surface area contributed by atoms with Crippen LogP contribution in [0.4, 0.5) is 14.5 Å². The number of anilines is 1. The molecule has 0 aliphatic rings. The van der Waals surface area contributed by atoms with Crippen molar-refractivity contribution in [3.05, 3.63) is 59.4 Å². The van der Waals surface area contributed by atoms with Crippen molar-refractivity contribution in [2.24, 2.45) is 0 Å². The van der Waals surface area contributed by atoms with Gasteiger partial charge in [0, 0.05) is 11.9 Å². The maximum atomic E-state index is 13.1. The molecule has 0 fully saturated rings. The van der Waals surface area contributed by atoms with Crippen molar-refractivity contribution < 1.29 is 13.6 Å². The summed E-state index contributed by atoms with van der Waals surface area (Å²) >= 11 is 0. The van der Waals surface area contributed by atoms with Crippen molar-refractivity contribution in [3.8, 4) is 6.07 Å². The number of aromatic nitrogens is 1. The molecule has 1 N–H and O–H groups in total. The van der Waals surface area contributed by atoms with Gasteiger partial charge in [0.25, 0.3) is 5.91 Å². The van der Waals surface area contributed by atoms with Gasteiger partial charge in [-0.15, -0.1) is 0 Å². The van der Waals surface area contributed by atoms with Crippen molar-refractivity contribution in [1.29, 1.82) is 5.26 Å². The topological polar surface area (TPSA) is 65.8 Å². The maximum Gasteiger partial charge on any atom is 0.257 e. The highest BCUT2D eigenvalue weighted by atomic mass is 19.1. The number of rotatable bonds is 2. The summed E-state index contributed by atoms with van der Waals surface area (Å²) in [7, 11) is 0. The zero-order valence-corrected chi connectivity index (χ0v) is 9.52. The number of carbonyl (C=O) groups is 1. The third kappa shape index (κ3) is 2.90. The predicted molar refractivity (Wildman–Crippen MR) is 63.3 cm³/mol. The fourth-order valence-electron chi connectivity index (χ4n) is 1.40. The molecule has 2 aromatic rings. The highest BCUT2D eigenvalue weighted by Crippen LogP contribution is 2.14. The number of hydrogen-bond donors (Lipinski definition) is 1. The molecule has 0 aliphatic carbocycles. The molecule has 0 radical (unpaired) electrons. The molecule has 19 heavy (non-hydrogen) atoms. The number of carbonyl (C=O) groups excluding carboxylic acids is 1. The van der Waals surface area contributed by atoms with Gasteiger partial charge in [0.2, 0.25) is 5.95 Å². The fourth-order valence-corrected chi connectivity index (χ4v) is 1.40. The molecule has 2 rings (SSSR count). The average Bonchev–Trinajstić information content (AvgIpc) is 2.41. The van der Waals surface area contributed by atoms with Gasteiger partial charge in [-0.1, -0.05) is 0 Å². The molecule has 0 aliphatic heterocycles. The van der Waals surface area contributed by atoms with Gasteiger partial charge in [-0.2, -0.15) is 9.65 Å². The molecule has 0 spiro atoms. The van der Waals surface area contributed by atoms with Crippen LogP contribution in [0.1, 0.15) is 15.9 Å². The summed E-state index contributed by atoms with van der Waals surface area (Å²) in [5, 5.41) is 11.1. The first-order chi connectivity index (χ1) is 9.10. The number of nitriles is 1. The van der Waals surface area contributed by atoms with Crippen molar-refractivity contribution in [1.82, 2.24) is 4.98 Å². The molecule has 0 unspecified atom stereocenters. The first kappa shape index (κ1) is 12.6. The molecule has 1 aromatic carbocycles. The fraction of sp³-hybridized carbons (Fsp3) is 0. The number of nitrogens with zero attached hydrogens (tertiary/aromatic N) is 2. The Morgan fingerprint density at radius 2 is 2.05 bits per heavy atom. The van der Waals surface area contributed by atoms with Gasteiger partial charge in [0.15, 0.2) is 0 Å². The quantitative estimate of drug-likeness (QED) is 0.842. The van der Waals surface area contributed by atoms with E-state index >= 15 is 0 Å². The van der Waals surface area contributed by atoms with E-state index < -0.39 is 17.7 Å². The van der Waals surface area contributed by atoms with Crippen LogP contribution in [0.15, 0.2) is 36.5 Å². The lowest BCUT2D eigenvalue weighted by Gasteiger charge is -2.05. The van der Waals surface area contributed by atoms with Crippen LogP contribution in [-0.4, -0.2) is 10.9 Å². The average molecular weight is 259 g/mol. The van der Waals surface area contributed by atoms with Gasteiger partial charge in [-0.05, 0) is 30.3 Å². The van der Waals surface area contributed by atoms with Gasteiger partial charge in [0.1, 0.15) is 11.9 Å². The zero-order valence-electron chi connectivity index (χ0n) is 9.52. The maximum absolute atomic E-state index is 13.1. The summed E-state index contributed by atoms with van der Waals surface area (Å²) in [5.74, 6) is -1.88. The van der Waals surface area contributed by atoms with E-state index in [1.807, 2.05) is 0 Å². The Morgan fingerprint density at radius 1 is 1.26 bits per heavy atom. The molecule has 1 heterocycles. The lowest BCUT2D eigenvalue weighted by Crippen LogP contribution is -2.12. The summed E-state index contributed by atoms with van der Waals surface area (Å²) in [6.45, 7) is 0. The third-order valence-corrected chi connectivity index (χ3v) is 2.33. The smallest absolute Gasteiger partial charge is 0.257 e. The molecule has 0 saturated heterocycles. The number of benzene rings is 1. The number of nitrogens with one attached hydrogen (secondary N) is 1. The minimum Gasteiger partial charge on any atom is -0.322 e. The Labute approximate surface area is 107 Å². The summed E-state index contributed by atoms with van der Waals surface area (Å²) < 4.78 is 25.7. The minimum absolute atomic E-state index is 0.157. The van der Waals surface area contributed by atoms with Crippen LogP contribution in [0, 0.1) is 23.1 Å². The Bertz CT molecular complexity index is 663. The first-order valence-electron chi connectivity index (χ1n) is 5.22. The number of pyridine rings is 1. The van der Waals surface area contributed by atoms with Crippen LogP contribution in [0.3, 0.4) is 0 Å².